The first-order valence-corrected chi connectivity index (χ1v) is 16.5. The molecule has 4 aromatic rings. The van der Waals surface area contributed by atoms with Gasteiger partial charge < -0.3 is 35.5 Å². The van der Waals surface area contributed by atoms with Crippen LogP contribution in [0.5, 0.6) is 0 Å². The molecule has 0 saturated heterocycles. The van der Waals surface area contributed by atoms with Gasteiger partial charge in [0.05, 0.1) is 24.6 Å². The summed E-state index contributed by atoms with van der Waals surface area (Å²) in [6.07, 6.45) is 5.47. The van der Waals surface area contributed by atoms with Gasteiger partial charge in [0.1, 0.15) is 19.3 Å². The van der Waals surface area contributed by atoms with E-state index in [1.54, 1.807) is 12.2 Å². The van der Waals surface area contributed by atoms with Gasteiger partial charge in [-0.1, -0.05) is 91.0 Å². The lowest BCUT2D eigenvalue weighted by Crippen LogP contribution is -2.47. The first-order chi connectivity index (χ1) is 23.9. The number of aliphatic hydroxyl groups is 1. The van der Waals surface area contributed by atoms with Gasteiger partial charge >= 0.3 is 12.1 Å². The van der Waals surface area contributed by atoms with Crippen LogP contribution in [0.4, 0.5) is 4.79 Å². The van der Waals surface area contributed by atoms with Crippen LogP contribution >= 0.6 is 0 Å². The number of H-pyrrole nitrogens is 1. The zero-order valence-corrected chi connectivity index (χ0v) is 27.2. The maximum absolute atomic E-state index is 13.7. The molecule has 11 nitrogen and oxygen atoms in total. The number of aliphatic hydroxyl groups excluding tert-OH is 1. The van der Waals surface area contributed by atoms with E-state index < -0.39 is 36.1 Å². The average molecular weight is 667 g/mol. The summed E-state index contributed by atoms with van der Waals surface area (Å²) in [5.74, 6) is -2.13. The number of cyclic esters (lactones) is 1. The Morgan fingerprint density at radius 3 is 2.37 bits per heavy atom. The van der Waals surface area contributed by atoms with E-state index in [1.807, 2.05) is 91.1 Å². The van der Waals surface area contributed by atoms with Gasteiger partial charge in [-0.25, -0.2) is 9.59 Å². The number of fused-ring (bicyclic) bond motifs is 1. The van der Waals surface area contributed by atoms with Crippen LogP contribution in [0.25, 0.3) is 10.9 Å². The quantitative estimate of drug-likeness (QED) is 0.119. The molecule has 1 aliphatic rings. The number of nitrogens with one attached hydrogen (secondary N) is 4. The smallest absolute Gasteiger partial charge is 0.408 e. The van der Waals surface area contributed by atoms with Crippen molar-refractivity contribution in [2.24, 2.45) is 5.92 Å². The molecular weight excluding hydrogens is 624 g/mol. The number of benzene rings is 3. The summed E-state index contributed by atoms with van der Waals surface area (Å²) in [4.78, 5) is 56.0. The van der Waals surface area contributed by atoms with Crippen molar-refractivity contribution >= 4 is 34.8 Å². The Kier molecular flexibility index (Phi) is 12.6. The van der Waals surface area contributed by atoms with E-state index in [9.17, 15) is 24.3 Å². The predicted octanol–water partition coefficient (Wildman–Crippen LogP) is 4.11. The number of hydrogen-bond donors (Lipinski definition) is 5. The maximum atomic E-state index is 13.7. The number of carbonyl (C=O) groups is 4. The molecule has 0 radical (unpaired) electrons. The zero-order chi connectivity index (χ0) is 34.4. The maximum Gasteiger partial charge on any atom is 0.408 e. The second-order valence-corrected chi connectivity index (χ2v) is 12.1. The summed E-state index contributed by atoms with van der Waals surface area (Å²) >= 11 is 0. The zero-order valence-electron chi connectivity index (χ0n) is 27.2. The van der Waals surface area contributed by atoms with E-state index in [-0.39, 0.29) is 50.9 Å². The van der Waals surface area contributed by atoms with E-state index in [4.69, 9.17) is 9.47 Å². The predicted molar refractivity (Wildman–Crippen MR) is 184 cm³/mol. The third-order valence-corrected chi connectivity index (χ3v) is 8.38. The van der Waals surface area contributed by atoms with Gasteiger partial charge in [-0.05, 0) is 48.4 Å². The van der Waals surface area contributed by atoms with Gasteiger partial charge in [0.15, 0.2) is 0 Å². The van der Waals surface area contributed by atoms with Crippen LogP contribution in [-0.2, 0) is 43.3 Å². The molecule has 0 spiro atoms. The minimum absolute atomic E-state index is 0.0369. The number of hydrogen-bond acceptors (Lipinski definition) is 7. The van der Waals surface area contributed by atoms with Crippen LogP contribution < -0.4 is 16.0 Å². The molecule has 256 valence electrons. The normalized spacial score (nSPS) is 19.1. The molecule has 0 aliphatic carbocycles. The molecule has 2 heterocycles. The molecule has 4 atom stereocenters. The molecule has 0 saturated carbocycles. The average Bonchev–Trinajstić information content (AvgIpc) is 3.52. The van der Waals surface area contributed by atoms with Crippen LogP contribution in [0.3, 0.4) is 0 Å². The van der Waals surface area contributed by atoms with E-state index in [0.29, 0.717) is 12.8 Å². The Balaban J connectivity index is 1.29. The van der Waals surface area contributed by atoms with Crippen molar-refractivity contribution in [1.82, 2.24) is 20.9 Å². The largest absolute Gasteiger partial charge is 0.462 e. The van der Waals surface area contributed by atoms with Crippen LogP contribution in [0.2, 0.25) is 0 Å². The van der Waals surface area contributed by atoms with Gasteiger partial charge in [0.25, 0.3) is 0 Å². The Labute approximate surface area is 285 Å². The highest BCUT2D eigenvalue weighted by Gasteiger charge is 2.28. The number of aromatic nitrogens is 1. The van der Waals surface area contributed by atoms with Crippen LogP contribution in [0.1, 0.15) is 36.0 Å². The number of ether oxygens (including phenoxy) is 2. The van der Waals surface area contributed by atoms with Crippen molar-refractivity contribution in [2.45, 2.75) is 56.8 Å². The second-order valence-electron chi connectivity index (χ2n) is 12.1. The standard InChI is InChI=1S/C38H42N4O7/c43-23-30(19-26-11-3-1-4-12-26)40-35(44)21-28-15-7-9-18-34(42-38(47)49-24-27-13-5-2-6-14-27)37(46)48-25-31(41-36(28)45)20-29-22-39-33-17-10-8-16-32(29)33/h1-14,16-17,22,28,30-31,34,39,43H,15,18-21,23-25H2,(H,40,44)(H,41,45)(H,42,47). The monoisotopic (exact) mass is 666 g/mol. The van der Waals surface area contributed by atoms with Crippen molar-refractivity contribution in [3.8, 4) is 0 Å². The Morgan fingerprint density at radius 1 is 0.918 bits per heavy atom. The molecule has 49 heavy (non-hydrogen) atoms. The fourth-order valence-electron chi connectivity index (χ4n) is 5.79. The summed E-state index contributed by atoms with van der Waals surface area (Å²) in [7, 11) is 0. The molecule has 5 N–H and O–H groups in total. The molecule has 1 aliphatic heterocycles. The minimum Gasteiger partial charge on any atom is -0.462 e. The highest BCUT2D eigenvalue weighted by molar-refractivity contribution is 5.87. The number of allylic oxidation sites excluding steroid dienone is 1. The molecule has 0 bridgehead atoms. The number of alkyl carbamates (subject to hydrolysis) is 1. The SMILES string of the molecule is O=C(CC1CC=CCC(NC(=O)OCc2ccccc2)C(=O)OCC(Cc2c[nH]c3ccccc23)NC1=O)NC(CO)Cc1ccccc1. The van der Waals surface area contributed by atoms with Crippen LogP contribution in [0.15, 0.2) is 103 Å². The highest BCUT2D eigenvalue weighted by Crippen LogP contribution is 2.20. The molecule has 4 unspecified atom stereocenters. The number of rotatable bonds is 11. The topological polar surface area (TPSA) is 159 Å². The molecule has 5 rings (SSSR count). The van der Waals surface area contributed by atoms with Crippen LogP contribution in [0, 0.1) is 5.92 Å². The third-order valence-electron chi connectivity index (χ3n) is 8.38. The Morgan fingerprint density at radius 2 is 1.61 bits per heavy atom. The van der Waals surface area contributed by atoms with Crippen molar-refractivity contribution in [3.63, 3.8) is 0 Å². The summed E-state index contributed by atoms with van der Waals surface area (Å²) in [6, 6.07) is 24.3. The Bertz CT molecular complexity index is 1720. The molecule has 3 aromatic carbocycles. The number of esters is 1. The van der Waals surface area contributed by atoms with E-state index in [0.717, 1.165) is 27.6 Å². The molecule has 0 fully saturated rings. The van der Waals surface area contributed by atoms with Crippen molar-refractivity contribution < 1.29 is 33.8 Å². The molecule has 1 aromatic heterocycles. The molecule has 3 amide bonds. The molecule has 11 heteroatoms. The van der Waals surface area contributed by atoms with Crippen molar-refractivity contribution in [2.75, 3.05) is 13.2 Å². The second kappa shape index (κ2) is 17.7. The van der Waals surface area contributed by atoms with Gasteiger partial charge in [-0.15, -0.1) is 0 Å². The first kappa shape index (κ1) is 34.9. The number of para-hydroxylation sites is 1. The third kappa shape index (κ3) is 10.5. The number of amides is 3. The lowest BCUT2D eigenvalue weighted by molar-refractivity contribution is -0.147. The van der Waals surface area contributed by atoms with Crippen molar-refractivity contribution in [1.29, 1.82) is 0 Å². The van der Waals surface area contributed by atoms with Gasteiger partial charge in [0.2, 0.25) is 11.8 Å². The number of carbonyl (C=O) groups excluding carboxylic acids is 4. The molecular formula is C38H42N4O7. The summed E-state index contributed by atoms with van der Waals surface area (Å²) in [6.45, 7) is -0.375. The fraction of sp³-hybridized carbons (Fsp3) is 0.316. The summed E-state index contributed by atoms with van der Waals surface area (Å²) in [5.41, 5.74) is 3.62. The highest BCUT2D eigenvalue weighted by atomic mass is 16.6. The summed E-state index contributed by atoms with van der Waals surface area (Å²) < 4.78 is 11.0. The van der Waals surface area contributed by atoms with Gasteiger partial charge in [-0.2, -0.15) is 0 Å². The first-order valence-electron chi connectivity index (χ1n) is 16.5. The van der Waals surface area contributed by atoms with Gasteiger partial charge in [-0.3, -0.25) is 9.59 Å². The fourth-order valence-corrected chi connectivity index (χ4v) is 5.79. The lowest BCUT2D eigenvalue weighted by Gasteiger charge is -2.25. The Hall–Kier alpha value is -5.42. The van der Waals surface area contributed by atoms with E-state index in [2.05, 4.69) is 20.9 Å². The lowest BCUT2D eigenvalue weighted by atomic mass is 9.97. The van der Waals surface area contributed by atoms with E-state index >= 15 is 0 Å². The minimum atomic E-state index is -1.03. The van der Waals surface area contributed by atoms with Gasteiger partial charge in [0, 0.05) is 23.5 Å². The van der Waals surface area contributed by atoms with Crippen LogP contribution in [-0.4, -0.2) is 65.3 Å². The summed E-state index contributed by atoms with van der Waals surface area (Å²) in [5, 5.41) is 19.4. The van der Waals surface area contributed by atoms with E-state index in [1.165, 1.54) is 0 Å². The van der Waals surface area contributed by atoms with Crippen molar-refractivity contribution in [3.05, 3.63) is 120 Å². The number of aromatic amines is 1.